The van der Waals surface area contributed by atoms with Gasteiger partial charge in [0.2, 0.25) is 5.95 Å². The second-order valence-electron chi connectivity index (χ2n) is 8.29. The van der Waals surface area contributed by atoms with Crippen molar-refractivity contribution in [1.29, 1.82) is 0 Å². The number of carbonyl (C=O) groups is 1. The zero-order valence-corrected chi connectivity index (χ0v) is 20.0. The lowest BCUT2D eigenvalue weighted by molar-refractivity contribution is 0.0690. The van der Waals surface area contributed by atoms with Gasteiger partial charge in [-0.3, -0.25) is 4.57 Å². The van der Waals surface area contributed by atoms with Crippen LogP contribution in [0.1, 0.15) is 43.1 Å². The molecule has 0 spiro atoms. The number of terminal acetylenes is 1. The summed E-state index contributed by atoms with van der Waals surface area (Å²) in [7, 11) is 0. The number of thiazole rings is 1. The van der Waals surface area contributed by atoms with E-state index in [0.29, 0.717) is 18.0 Å². The van der Waals surface area contributed by atoms with Gasteiger partial charge in [0.1, 0.15) is 5.75 Å². The molecule has 1 saturated carbocycles. The molecule has 0 saturated heterocycles. The van der Waals surface area contributed by atoms with Gasteiger partial charge >= 0.3 is 17.3 Å². The normalized spacial score (nSPS) is 17.5. The Hall–Kier alpha value is -3.91. The second kappa shape index (κ2) is 10.6. The van der Waals surface area contributed by atoms with E-state index < -0.39 is 17.3 Å². The van der Waals surface area contributed by atoms with Gasteiger partial charge < -0.3 is 15.2 Å². The number of benzene rings is 1. The van der Waals surface area contributed by atoms with E-state index in [1.807, 2.05) is 0 Å². The molecular formula is C24H25N5O5S. The van der Waals surface area contributed by atoms with Gasteiger partial charge in [0, 0.05) is 30.1 Å². The maximum absolute atomic E-state index is 13.1. The summed E-state index contributed by atoms with van der Waals surface area (Å²) in [6.07, 6.45) is 9.24. The molecule has 1 aliphatic carbocycles. The van der Waals surface area contributed by atoms with Gasteiger partial charge in [0.05, 0.1) is 0 Å². The molecule has 0 atom stereocenters. The Balaban J connectivity index is 1.53. The number of anilines is 2. The van der Waals surface area contributed by atoms with Crippen LogP contribution in [0.3, 0.4) is 0 Å². The topological polar surface area (TPSA) is 128 Å². The Morgan fingerprint density at radius 3 is 2.51 bits per heavy atom. The number of aromatic nitrogens is 4. The number of hydrogen-bond acceptors (Lipinski definition) is 8. The molecule has 10 nitrogen and oxygen atoms in total. The Morgan fingerprint density at radius 2 is 1.91 bits per heavy atom. The van der Waals surface area contributed by atoms with Gasteiger partial charge in [-0.15, -0.1) is 12.3 Å². The molecule has 3 aromatic rings. The average molecular weight is 496 g/mol. The van der Waals surface area contributed by atoms with E-state index >= 15 is 0 Å². The van der Waals surface area contributed by atoms with E-state index in [1.54, 1.807) is 31.2 Å². The lowest BCUT2D eigenvalue weighted by Crippen LogP contribution is -2.43. The minimum absolute atomic E-state index is 0.0816. The van der Waals surface area contributed by atoms with Gasteiger partial charge in [0.25, 0.3) is 5.19 Å². The number of carboxylic acid groups (broad SMARTS) is 1. The molecule has 0 unspecified atom stereocenters. The number of nitrogens with one attached hydrogen (secondary N) is 1. The van der Waals surface area contributed by atoms with Crippen molar-refractivity contribution in [1.82, 2.24) is 19.1 Å². The van der Waals surface area contributed by atoms with Crippen molar-refractivity contribution < 1.29 is 14.6 Å². The number of ether oxygens (including phenoxy) is 1. The first kappa shape index (κ1) is 24.2. The molecule has 2 heterocycles. The van der Waals surface area contributed by atoms with Crippen LogP contribution in [0.4, 0.5) is 11.6 Å². The summed E-state index contributed by atoms with van der Waals surface area (Å²) in [6.45, 7) is 2.42. The van der Waals surface area contributed by atoms with Gasteiger partial charge in [-0.1, -0.05) is 11.3 Å². The van der Waals surface area contributed by atoms with Crippen LogP contribution < -0.4 is 21.4 Å². The first-order valence-electron chi connectivity index (χ1n) is 11.3. The molecule has 4 rings (SSSR count). The minimum Gasteiger partial charge on any atom is -0.476 e. The van der Waals surface area contributed by atoms with E-state index in [9.17, 15) is 14.4 Å². The summed E-state index contributed by atoms with van der Waals surface area (Å²) in [5, 5.41) is 13.7. The average Bonchev–Trinajstić information content (AvgIpc) is 3.32. The number of nitrogens with zero attached hydrogens (tertiary/aromatic N) is 4. The Bertz CT molecular complexity index is 1360. The summed E-state index contributed by atoms with van der Waals surface area (Å²) in [6, 6.07) is 6.75. The standard InChI is InChI=1S/C24H25N5O5S/c1-3-15-5-7-16(8-6-15)13-29-21(27-22(32)28(4-2)24(29)33)25-17-9-11-18(12-10-17)34-23-26-19(14-35-23)20(30)31/h1,9-12,14-16H,4-8,13H2,2H3,(H,30,31)(H,25,27,32). The zero-order valence-electron chi connectivity index (χ0n) is 19.1. The fourth-order valence-electron chi connectivity index (χ4n) is 4.07. The Labute approximate surface area is 205 Å². The Kier molecular flexibility index (Phi) is 7.31. The lowest BCUT2D eigenvalue weighted by Gasteiger charge is -2.27. The van der Waals surface area contributed by atoms with Crippen molar-refractivity contribution in [2.45, 2.75) is 45.7 Å². The van der Waals surface area contributed by atoms with Crippen molar-refractivity contribution in [3.8, 4) is 23.3 Å². The van der Waals surface area contributed by atoms with Crippen molar-refractivity contribution >= 4 is 28.9 Å². The largest absolute Gasteiger partial charge is 0.476 e. The summed E-state index contributed by atoms with van der Waals surface area (Å²) < 4.78 is 8.25. The summed E-state index contributed by atoms with van der Waals surface area (Å²) in [5.41, 5.74) is -0.479. The summed E-state index contributed by atoms with van der Waals surface area (Å²) >= 11 is 1.08. The molecule has 0 radical (unpaired) electrons. The Morgan fingerprint density at radius 1 is 1.20 bits per heavy atom. The number of hydrogen-bond donors (Lipinski definition) is 2. The molecular weight excluding hydrogens is 470 g/mol. The SMILES string of the molecule is C#CC1CCC(Cn2c(Nc3ccc(Oc4nc(C(=O)O)cs4)cc3)nc(=O)n(CC)c2=O)CC1. The molecule has 11 heteroatoms. The number of rotatable bonds is 8. The minimum atomic E-state index is -1.12. The van der Waals surface area contributed by atoms with Gasteiger partial charge in [-0.25, -0.2) is 19.0 Å². The van der Waals surface area contributed by atoms with E-state index in [-0.39, 0.29) is 35.2 Å². The third kappa shape index (κ3) is 5.60. The summed E-state index contributed by atoms with van der Waals surface area (Å²) in [5.74, 6) is 2.89. The third-order valence-corrected chi connectivity index (χ3v) is 6.72. The van der Waals surface area contributed by atoms with Crippen molar-refractivity contribution in [2.75, 3.05) is 5.32 Å². The molecule has 0 aliphatic heterocycles. The highest BCUT2D eigenvalue weighted by Gasteiger charge is 2.23. The quantitative estimate of drug-likeness (QED) is 0.454. The maximum atomic E-state index is 13.1. The number of aromatic carboxylic acids is 1. The van der Waals surface area contributed by atoms with E-state index in [0.717, 1.165) is 41.6 Å². The first-order chi connectivity index (χ1) is 16.9. The molecule has 1 aliphatic rings. The van der Waals surface area contributed by atoms with Crippen LogP contribution in [0.2, 0.25) is 0 Å². The fourth-order valence-corrected chi connectivity index (χ4v) is 4.73. The predicted octanol–water partition coefficient (Wildman–Crippen LogP) is 3.56. The van der Waals surface area contributed by atoms with Gasteiger partial charge in [-0.2, -0.15) is 9.97 Å². The van der Waals surface area contributed by atoms with Gasteiger partial charge in [0.15, 0.2) is 5.69 Å². The first-order valence-corrected chi connectivity index (χ1v) is 12.2. The second-order valence-corrected chi connectivity index (χ2v) is 9.12. The molecule has 0 bridgehead atoms. The zero-order chi connectivity index (χ0) is 24.9. The maximum Gasteiger partial charge on any atom is 0.355 e. The number of carboxylic acids is 1. The van der Waals surface area contributed by atoms with Gasteiger partial charge in [-0.05, 0) is 62.8 Å². The molecule has 2 aromatic heterocycles. The highest BCUT2D eigenvalue weighted by molar-refractivity contribution is 7.11. The molecule has 182 valence electrons. The molecule has 0 amide bonds. The van der Waals surface area contributed by atoms with Crippen LogP contribution >= 0.6 is 11.3 Å². The molecule has 1 aromatic carbocycles. The molecule has 1 fully saturated rings. The van der Waals surface area contributed by atoms with E-state index in [2.05, 4.69) is 21.2 Å². The monoisotopic (exact) mass is 495 g/mol. The summed E-state index contributed by atoms with van der Waals surface area (Å²) in [4.78, 5) is 44.5. The van der Waals surface area contributed by atoms with Crippen molar-refractivity contribution in [3.63, 3.8) is 0 Å². The van der Waals surface area contributed by atoms with Crippen molar-refractivity contribution in [2.24, 2.45) is 11.8 Å². The lowest BCUT2D eigenvalue weighted by atomic mass is 9.82. The van der Waals surface area contributed by atoms with Crippen LogP contribution in [-0.2, 0) is 13.1 Å². The van der Waals surface area contributed by atoms with E-state index in [4.69, 9.17) is 16.3 Å². The van der Waals surface area contributed by atoms with Crippen LogP contribution in [0.25, 0.3) is 0 Å². The fraction of sp³-hybridized carbons (Fsp3) is 0.375. The van der Waals surface area contributed by atoms with E-state index in [1.165, 1.54) is 9.95 Å². The predicted molar refractivity (Wildman–Crippen MR) is 132 cm³/mol. The van der Waals surface area contributed by atoms with Crippen LogP contribution in [0.15, 0.2) is 39.2 Å². The smallest absolute Gasteiger partial charge is 0.355 e. The van der Waals surface area contributed by atoms with Crippen LogP contribution in [0, 0.1) is 24.2 Å². The highest BCUT2D eigenvalue weighted by atomic mass is 32.1. The van der Waals surface area contributed by atoms with Crippen LogP contribution in [-0.4, -0.2) is 30.2 Å². The highest BCUT2D eigenvalue weighted by Crippen LogP contribution is 2.30. The van der Waals surface area contributed by atoms with Crippen LogP contribution in [0.5, 0.6) is 10.9 Å². The molecule has 35 heavy (non-hydrogen) atoms. The molecule has 2 N–H and O–H groups in total. The van der Waals surface area contributed by atoms with Crippen molar-refractivity contribution in [3.05, 3.63) is 56.3 Å². The third-order valence-electron chi connectivity index (χ3n) is 6.01.